The fraction of sp³-hybridized carbons (Fsp3) is 0.440. The second-order valence-electron chi connectivity index (χ2n) is 9.43. The van der Waals surface area contributed by atoms with Crippen molar-refractivity contribution < 1.29 is 19.8 Å². The summed E-state index contributed by atoms with van der Waals surface area (Å²) in [5.41, 5.74) is 3.41. The van der Waals surface area contributed by atoms with Gasteiger partial charge in [-0.25, -0.2) is 4.79 Å². The van der Waals surface area contributed by atoms with E-state index in [0.29, 0.717) is 41.3 Å². The predicted octanol–water partition coefficient (Wildman–Crippen LogP) is 5.93. The first-order valence-electron chi connectivity index (χ1n) is 11.0. The largest absolute Gasteiger partial charge is 0.506 e. The van der Waals surface area contributed by atoms with Gasteiger partial charge in [0.15, 0.2) is 0 Å². The Morgan fingerprint density at radius 3 is 2.58 bits per heavy atom. The molecule has 0 radical (unpaired) electrons. The lowest BCUT2D eigenvalue weighted by Crippen LogP contribution is -2.42. The number of phenols is 1. The molecular formula is C25H26N2O4. The summed E-state index contributed by atoms with van der Waals surface area (Å²) in [5, 5.41) is 28.0. The summed E-state index contributed by atoms with van der Waals surface area (Å²) < 4.78 is 0. The van der Waals surface area contributed by atoms with Crippen molar-refractivity contribution in [3.05, 3.63) is 53.1 Å². The zero-order chi connectivity index (χ0) is 21.8. The molecule has 0 aliphatic heterocycles. The Bertz CT molecular complexity index is 1090. The van der Waals surface area contributed by atoms with Gasteiger partial charge in [0, 0.05) is 11.8 Å². The minimum atomic E-state index is -0.988. The first kappa shape index (κ1) is 19.9. The van der Waals surface area contributed by atoms with Crippen LogP contribution in [-0.2, 0) is 11.2 Å². The number of phenolic OH excluding ortho intramolecular Hbond substituents is 1. The maximum atomic E-state index is 12.5. The SMILES string of the molecule is C[C@]12CC[C@@H]3c4cc(N=Nc5ccc(C(=O)O)cc5)c(O)cc4CC[C@H]3[C@@H]1CCC2=O. The number of azo groups is 1. The number of aromatic carboxylic acids is 1. The van der Waals surface area contributed by atoms with Crippen molar-refractivity contribution in [1.82, 2.24) is 0 Å². The maximum absolute atomic E-state index is 12.5. The first-order valence-corrected chi connectivity index (χ1v) is 11.0. The number of aryl methyl sites for hydroxylation is 1. The van der Waals surface area contributed by atoms with Crippen LogP contribution in [0.2, 0.25) is 0 Å². The summed E-state index contributed by atoms with van der Waals surface area (Å²) in [4.78, 5) is 23.5. The van der Waals surface area contributed by atoms with Crippen LogP contribution in [0.1, 0.15) is 66.4 Å². The highest BCUT2D eigenvalue weighted by molar-refractivity contribution is 5.88. The van der Waals surface area contributed by atoms with Gasteiger partial charge in [-0.05, 0) is 97.4 Å². The van der Waals surface area contributed by atoms with Crippen molar-refractivity contribution in [1.29, 1.82) is 0 Å². The second kappa shape index (κ2) is 7.29. The number of fused-ring (bicyclic) bond motifs is 5. The number of hydrogen-bond acceptors (Lipinski definition) is 5. The van der Waals surface area contributed by atoms with Crippen molar-refractivity contribution in [3.8, 4) is 5.75 Å². The molecule has 6 heteroatoms. The number of carboxylic acids is 1. The molecule has 0 saturated heterocycles. The molecule has 0 amide bonds. The highest BCUT2D eigenvalue weighted by Gasteiger charge is 2.54. The molecule has 0 bridgehead atoms. The summed E-state index contributed by atoms with van der Waals surface area (Å²) in [6, 6.07) is 9.94. The molecule has 2 N–H and O–H groups in total. The molecule has 0 heterocycles. The number of hydrogen-bond donors (Lipinski definition) is 2. The molecular weight excluding hydrogens is 392 g/mol. The maximum Gasteiger partial charge on any atom is 0.335 e. The Labute approximate surface area is 181 Å². The van der Waals surface area contributed by atoms with Crippen LogP contribution in [0.5, 0.6) is 5.75 Å². The molecule has 160 valence electrons. The van der Waals surface area contributed by atoms with Gasteiger partial charge in [-0.3, -0.25) is 4.79 Å². The second-order valence-corrected chi connectivity index (χ2v) is 9.43. The number of carbonyl (C=O) groups is 2. The van der Waals surface area contributed by atoms with Crippen LogP contribution in [0.15, 0.2) is 46.6 Å². The van der Waals surface area contributed by atoms with E-state index in [4.69, 9.17) is 5.11 Å². The van der Waals surface area contributed by atoms with Crippen molar-refractivity contribution in [2.75, 3.05) is 0 Å². The van der Waals surface area contributed by atoms with Gasteiger partial charge in [0.05, 0.1) is 11.3 Å². The fourth-order valence-corrected chi connectivity index (χ4v) is 6.23. The number of ketones is 1. The predicted molar refractivity (Wildman–Crippen MR) is 115 cm³/mol. The smallest absolute Gasteiger partial charge is 0.335 e. The van der Waals surface area contributed by atoms with Crippen LogP contribution in [0, 0.1) is 17.3 Å². The number of benzene rings is 2. The molecule has 2 aromatic rings. The minimum Gasteiger partial charge on any atom is -0.506 e. The van der Waals surface area contributed by atoms with Crippen LogP contribution in [0.3, 0.4) is 0 Å². The molecule has 3 aliphatic rings. The number of rotatable bonds is 3. The molecule has 0 aromatic heterocycles. The van der Waals surface area contributed by atoms with Crippen LogP contribution in [0.4, 0.5) is 11.4 Å². The van der Waals surface area contributed by atoms with E-state index in [-0.39, 0.29) is 16.7 Å². The third kappa shape index (κ3) is 3.25. The quantitative estimate of drug-likeness (QED) is 0.603. The zero-order valence-corrected chi connectivity index (χ0v) is 17.5. The summed E-state index contributed by atoms with van der Waals surface area (Å²) >= 11 is 0. The van der Waals surface area contributed by atoms with Gasteiger partial charge < -0.3 is 10.2 Å². The molecule has 3 aliphatic carbocycles. The molecule has 2 aromatic carbocycles. The van der Waals surface area contributed by atoms with Crippen LogP contribution < -0.4 is 0 Å². The normalized spacial score (nSPS) is 29.5. The van der Waals surface area contributed by atoms with Crippen molar-refractivity contribution in [2.45, 2.75) is 51.4 Å². The molecule has 31 heavy (non-hydrogen) atoms. The lowest BCUT2D eigenvalue weighted by Gasteiger charge is -2.48. The van der Waals surface area contributed by atoms with E-state index in [9.17, 15) is 14.7 Å². The van der Waals surface area contributed by atoms with E-state index >= 15 is 0 Å². The number of carboxylic acid groups (broad SMARTS) is 1. The topological polar surface area (TPSA) is 99.3 Å². The van der Waals surface area contributed by atoms with E-state index < -0.39 is 5.97 Å². The highest BCUT2D eigenvalue weighted by atomic mass is 16.4. The van der Waals surface area contributed by atoms with E-state index in [0.717, 1.165) is 32.1 Å². The first-order chi connectivity index (χ1) is 14.9. The third-order valence-electron chi connectivity index (χ3n) is 7.92. The van der Waals surface area contributed by atoms with E-state index in [1.54, 1.807) is 12.1 Å². The van der Waals surface area contributed by atoms with E-state index in [2.05, 4.69) is 17.2 Å². The van der Waals surface area contributed by atoms with Gasteiger partial charge in [0.1, 0.15) is 17.2 Å². The molecule has 5 rings (SSSR count). The van der Waals surface area contributed by atoms with Gasteiger partial charge in [-0.1, -0.05) is 6.92 Å². The van der Waals surface area contributed by atoms with Crippen LogP contribution in [-0.4, -0.2) is 22.0 Å². The Hall–Kier alpha value is -3.02. The molecule has 2 saturated carbocycles. The van der Waals surface area contributed by atoms with Gasteiger partial charge in [0.2, 0.25) is 0 Å². The van der Waals surface area contributed by atoms with Gasteiger partial charge in [-0.15, -0.1) is 5.11 Å². The Balaban J connectivity index is 1.44. The Morgan fingerprint density at radius 2 is 1.84 bits per heavy atom. The van der Waals surface area contributed by atoms with Crippen LogP contribution in [0.25, 0.3) is 0 Å². The third-order valence-corrected chi connectivity index (χ3v) is 7.92. The summed E-state index contributed by atoms with van der Waals surface area (Å²) in [6.45, 7) is 2.17. The molecule has 0 unspecified atom stereocenters. The monoisotopic (exact) mass is 418 g/mol. The average Bonchev–Trinajstić information content (AvgIpc) is 3.07. The number of Topliss-reactive ketones (excluding diaryl/α,β-unsaturated/α-hetero) is 1. The van der Waals surface area contributed by atoms with E-state index in [1.165, 1.54) is 23.3 Å². The van der Waals surface area contributed by atoms with Crippen molar-refractivity contribution in [3.63, 3.8) is 0 Å². The fourth-order valence-electron chi connectivity index (χ4n) is 6.23. The Kier molecular flexibility index (Phi) is 4.68. The van der Waals surface area contributed by atoms with Crippen molar-refractivity contribution >= 4 is 23.1 Å². The van der Waals surface area contributed by atoms with Crippen LogP contribution >= 0.6 is 0 Å². The average molecular weight is 418 g/mol. The summed E-state index contributed by atoms with van der Waals surface area (Å²) in [7, 11) is 0. The highest BCUT2D eigenvalue weighted by Crippen LogP contribution is 2.60. The van der Waals surface area contributed by atoms with Gasteiger partial charge in [-0.2, -0.15) is 5.11 Å². The van der Waals surface area contributed by atoms with Gasteiger partial charge >= 0.3 is 5.97 Å². The van der Waals surface area contributed by atoms with Crippen molar-refractivity contribution in [2.24, 2.45) is 27.5 Å². The zero-order valence-electron chi connectivity index (χ0n) is 17.5. The summed E-state index contributed by atoms with van der Waals surface area (Å²) in [6.07, 6.45) is 5.63. The van der Waals surface area contributed by atoms with E-state index in [1.807, 2.05) is 12.1 Å². The number of carbonyl (C=O) groups excluding carboxylic acids is 1. The molecule has 4 atom stereocenters. The molecule has 6 nitrogen and oxygen atoms in total. The summed E-state index contributed by atoms with van der Waals surface area (Å²) in [5.74, 6) is 0.930. The standard InChI is InChI=1S/C25H26N2O4/c1-25-11-10-17-18(20(25)8-9-23(25)29)7-4-15-12-22(28)21(13-19(15)17)27-26-16-5-2-14(3-6-16)24(30)31/h2-3,5-6,12-13,17-18,20,28H,4,7-11H2,1H3,(H,30,31)/t17-,18+,20-,25-/m0/s1. The minimum absolute atomic E-state index is 0.111. The molecule has 2 fully saturated rings. The lowest BCUT2D eigenvalue weighted by atomic mass is 9.55. The van der Waals surface area contributed by atoms with Gasteiger partial charge in [0.25, 0.3) is 0 Å². The number of aromatic hydroxyl groups is 1. The number of nitrogens with zero attached hydrogens (tertiary/aromatic N) is 2. The molecule has 0 spiro atoms. The Morgan fingerprint density at radius 1 is 1.06 bits per heavy atom. The lowest BCUT2D eigenvalue weighted by molar-refractivity contribution is -0.129.